The summed E-state index contributed by atoms with van der Waals surface area (Å²) in [5.41, 5.74) is 2.66. The molecule has 2 aromatic rings. The van der Waals surface area contributed by atoms with Gasteiger partial charge in [-0.25, -0.2) is 0 Å². The molecule has 0 aromatic heterocycles. The SMILES string of the molecule is CN1C(=O)C2(Cl)CC3C(=CCC4C(=O)N(C5CCN(Cc6ccccc6)CC5)C(=O)C43)C(c3ccc(OCCO)cc3)C2(Cl)C1=O. The quantitative estimate of drug-likeness (QED) is 0.273. The zero-order valence-corrected chi connectivity index (χ0v) is 27.1. The lowest BCUT2D eigenvalue weighted by atomic mass is 9.56. The fraction of sp³-hybridized carbons (Fsp3) is 0.486. The van der Waals surface area contributed by atoms with E-state index in [-0.39, 0.29) is 37.5 Å². The van der Waals surface area contributed by atoms with Crippen molar-refractivity contribution < 1.29 is 29.0 Å². The molecule has 1 saturated carbocycles. The van der Waals surface area contributed by atoms with E-state index in [1.54, 1.807) is 24.3 Å². The van der Waals surface area contributed by atoms with E-state index in [2.05, 4.69) is 17.0 Å². The first-order valence-corrected chi connectivity index (χ1v) is 16.7. The van der Waals surface area contributed by atoms with Gasteiger partial charge in [0.15, 0.2) is 9.75 Å². The minimum Gasteiger partial charge on any atom is -0.491 e. The number of amides is 4. The molecule has 6 atom stereocenters. The molecule has 9 nitrogen and oxygen atoms in total. The Morgan fingerprint density at radius 1 is 0.913 bits per heavy atom. The van der Waals surface area contributed by atoms with Gasteiger partial charge >= 0.3 is 0 Å². The number of piperidine rings is 1. The highest BCUT2D eigenvalue weighted by atomic mass is 35.5. The van der Waals surface area contributed by atoms with Crippen LogP contribution in [0.15, 0.2) is 66.2 Å². The van der Waals surface area contributed by atoms with Gasteiger partial charge in [0.1, 0.15) is 12.4 Å². The molecule has 0 bridgehead atoms. The van der Waals surface area contributed by atoms with Gasteiger partial charge in [0.05, 0.1) is 18.4 Å². The Balaban J connectivity index is 1.19. The van der Waals surface area contributed by atoms with Crippen LogP contribution in [0.5, 0.6) is 5.75 Å². The number of imide groups is 2. The molecule has 0 radical (unpaired) electrons. The van der Waals surface area contributed by atoms with Crippen molar-refractivity contribution in [1.82, 2.24) is 14.7 Å². The first-order chi connectivity index (χ1) is 22.1. The third-order valence-electron chi connectivity index (χ3n) is 10.8. The van der Waals surface area contributed by atoms with Crippen molar-refractivity contribution in [3.05, 3.63) is 77.4 Å². The molecule has 7 rings (SSSR count). The number of likely N-dealkylation sites (tertiary alicyclic amines) is 3. The summed E-state index contributed by atoms with van der Waals surface area (Å²) in [7, 11) is 1.39. The Morgan fingerprint density at radius 3 is 2.28 bits per heavy atom. The van der Waals surface area contributed by atoms with Crippen LogP contribution in [-0.2, 0) is 25.7 Å². The number of carbonyl (C=O) groups excluding carboxylic acids is 4. The van der Waals surface area contributed by atoms with Gasteiger partial charge in [0.25, 0.3) is 11.8 Å². The minimum absolute atomic E-state index is 0.0173. The number of halogens is 2. The highest BCUT2D eigenvalue weighted by molar-refractivity contribution is 6.53. The molecule has 3 saturated heterocycles. The number of aliphatic hydroxyl groups excluding tert-OH is 1. The average molecular weight is 667 g/mol. The number of hydrogen-bond donors (Lipinski definition) is 1. The van der Waals surface area contributed by atoms with Crippen LogP contribution in [0.2, 0.25) is 0 Å². The minimum atomic E-state index is -1.82. The first-order valence-electron chi connectivity index (χ1n) is 16.0. The molecule has 4 amide bonds. The third kappa shape index (κ3) is 4.65. The molecule has 46 heavy (non-hydrogen) atoms. The lowest BCUT2D eigenvalue weighted by molar-refractivity contribution is -0.144. The predicted octanol–water partition coefficient (Wildman–Crippen LogP) is 3.71. The highest BCUT2D eigenvalue weighted by Gasteiger charge is 2.76. The van der Waals surface area contributed by atoms with Crippen LogP contribution in [0.4, 0.5) is 0 Å². The maximum Gasteiger partial charge on any atom is 0.253 e. The van der Waals surface area contributed by atoms with E-state index in [0.717, 1.165) is 30.1 Å². The molecule has 0 spiro atoms. The summed E-state index contributed by atoms with van der Waals surface area (Å²) in [5.74, 6) is -3.61. The highest BCUT2D eigenvalue weighted by Crippen LogP contribution is 2.65. The maximum absolute atomic E-state index is 14.3. The van der Waals surface area contributed by atoms with E-state index < -0.39 is 45.2 Å². The normalized spacial score (nSPS) is 33.2. The number of benzene rings is 2. The second-order valence-electron chi connectivity index (χ2n) is 13.2. The molecule has 3 heterocycles. The van der Waals surface area contributed by atoms with Gasteiger partial charge in [-0.15, -0.1) is 23.2 Å². The fourth-order valence-corrected chi connectivity index (χ4v) is 9.62. The average Bonchev–Trinajstić information content (AvgIpc) is 3.39. The van der Waals surface area contributed by atoms with E-state index >= 15 is 0 Å². The molecule has 1 N–H and O–H groups in total. The zero-order valence-electron chi connectivity index (χ0n) is 25.6. The number of rotatable bonds is 7. The van der Waals surface area contributed by atoms with E-state index in [9.17, 15) is 19.2 Å². The van der Waals surface area contributed by atoms with Gasteiger partial charge in [-0.1, -0.05) is 54.1 Å². The largest absolute Gasteiger partial charge is 0.491 e. The standard InChI is InChI=1S/C35H37Cl2N3O6/c1-38-32(44)34(36)19-27-25(29(35(34,37)33(38)45)22-7-9-24(10-8-22)46-18-17-41)11-12-26-28(27)31(43)40(30(26)42)23-13-15-39(16-14-23)20-21-5-3-2-4-6-21/h2-11,23,26-29,41H,12-20H2,1H3. The molecular weight excluding hydrogens is 629 g/mol. The van der Waals surface area contributed by atoms with Crippen molar-refractivity contribution in [3.8, 4) is 5.75 Å². The molecule has 2 aliphatic carbocycles. The number of alkyl halides is 2. The van der Waals surface area contributed by atoms with E-state index in [1.165, 1.54) is 17.5 Å². The second kappa shape index (κ2) is 11.8. The van der Waals surface area contributed by atoms with Crippen molar-refractivity contribution in [2.24, 2.45) is 17.8 Å². The van der Waals surface area contributed by atoms with Crippen LogP contribution in [0.25, 0.3) is 0 Å². The number of carbonyl (C=O) groups is 4. The first kappa shape index (κ1) is 31.4. The number of hydrogen-bond acceptors (Lipinski definition) is 7. The zero-order chi connectivity index (χ0) is 32.4. The number of fused-ring (bicyclic) bond motifs is 4. The van der Waals surface area contributed by atoms with Crippen LogP contribution >= 0.6 is 23.2 Å². The van der Waals surface area contributed by atoms with Crippen molar-refractivity contribution in [3.63, 3.8) is 0 Å². The summed E-state index contributed by atoms with van der Waals surface area (Å²) in [6, 6.07) is 17.1. The Bertz CT molecular complexity index is 1590. The molecule has 5 aliphatic rings. The fourth-order valence-electron chi connectivity index (χ4n) is 8.60. The van der Waals surface area contributed by atoms with Gasteiger partial charge in [-0.3, -0.25) is 33.9 Å². The second-order valence-corrected chi connectivity index (χ2v) is 14.4. The molecule has 11 heteroatoms. The maximum atomic E-state index is 14.3. The van der Waals surface area contributed by atoms with E-state index in [4.69, 9.17) is 33.0 Å². The summed E-state index contributed by atoms with van der Waals surface area (Å²) in [6.45, 7) is 2.37. The van der Waals surface area contributed by atoms with E-state index in [1.807, 2.05) is 24.3 Å². The Kier molecular flexibility index (Phi) is 8.03. The summed E-state index contributed by atoms with van der Waals surface area (Å²) in [6.07, 6.45) is 3.68. The summed E-state index contributed by atoms with van der Waals surface area (Å²) in [4.78, 5) is 57.0. The van der Waals surface area contributed by atoms with Gasteiger partial charge in [-0.05, 0) is 54.9 Å². The summed E-state index contributed by atoms with van der Waals surface area (Å²) >= 11 is 14.5. The van der Waals surface area contributed by atoms with Crippen molar-refractivity contribution >= 4 is 46.8 Å². The Labute approximate surface area is 278 Å². The summed E-state index contributed by atoms with van der Waals surface area (Å²) < 4.78 is 5.54. The smallest absolute Gasteiger partial charge is 0.253 e. The lowest BCUT2D eigenvalue weighted by Crippen LogP contribution is -2.60. The van der Waals surface area contributed by atoms with Gasteiger partial charge in [-0.2, -0.15) is 0 Å². The molecule has 242 valence electrons. The number of aliphatic hydroxyl groups is 1. The molecule has 2 aromatic carbocycles. The van der Waals surface area contributed by atoms with Gasteiger partial charge in [0, 0.05) is 38.6 Å². The number of nitrogens with zero attached hydrogens (tertiary/aromatic N) is 3. The Hall–Kier alpha value is -3.24. The van der Waals surface area contributed by atoms with Crippen LogP contribution in [0.3, 0.4) is 0 Å². The van der Waals surface area contributed by atoms with Crippen LogP contribution in [0.1, 0.15) is 42.7 Å². The molecular formula is C35H37Cl2N3O6. The van der Waals surface area contributed by atoms with Crippen LogP contribution in [-0.4, -0.2) is 92.6 Å². The molecule has 4 fully saturated rings. The van der Waals surface area contributed by atoms with Crippen molar-refractivity contribution in [2.45, 2.75) is 53.9 Å². The van der Waals surface area contributed by atoms with Gasteiger partial charge in [0.2, 0.25) is 11.8 Å². The monoisotopic (exact) mass is 665 g/mol. The molecule has 6 unspecified atom stereocenters. The Morgan fingerprint density at radius 2 is 1.61 bits per heavy atom. The van der Waals surface area contributed by atoms with Crippen LogP contribution < -0.4 is 4.74 Å². The third-order valence-corrected chi connectivity index (χ3v) is 12.2. The number of allylic oxidation sites excluding steroid dienone is 2. The lowest BCUT2D eigenvalue weighted by Gasteiger charge is -2.50. The van der Waals surface area contributed by atoms with Crippen molar-refractivity contribution in [2.75, 3.05) is 33.4 Å². The topological polar surface area (TPSA) is 107 Å². The van der Waals surface area contributed by atoms with E-state index in [0.29, 0.717) is 30.6 Å². The molecule has 3 aliphatic heterocycles. The summed E-state index contributed by atoms with van der Waals surface area (Å²) in [5, 5.41) is 9.15. The van der Waals surface area contributed by atoms with Crippen LogP contribution in [0, 0.1) is 17.8 Å². The van der Waals surface area contributed by atoms with Gasteiger partial charge < -0.3 is 9.84 Å². The number of ether oxygens (including phenoxy) is 1. The predicted molar refractivity (Wildman–Crippen MR) is 171 cm³/mol. The van der Waals surface area contributed by atoms with Crippen molar-refractivity contribution in [1.29, 1.82) is 0 Å².